The Morgan fingerprint density at radius 1 is 1.38 bits per heavy atom. The summed E-state index contributed by atoms with van der Waals surface area (Å²) in [6, 6.07) is 5.03. The third-order valence-electron chi connectivity index (χ3n) is 3.27. The predicted molar refractivity (Wildman–Crippen MR) is 113 cm³/mol. The number of hydrogen-bond acceptors (Lipinski definition) is 3. The van der Waals surface area contributed by atoms with Crippen LogP contribution in [0.25, 0.3) is 0 Å². The van der Waals surface area contributed by atoms with Crippen molar-refractivity contribution in [3.8, 4) is 0 Å². The minimum atomic E-state index is -0.239. The van der Waals surface area contributed by atoms with Crippen molar-refractivity contribution >= 4 is 57.2 Å². The molecular formula is C16H21BrFIN4S. The van der Waals surface area contributed by atoms with Crippen LogP contribution < -0.4 is 10.6 Å². The standard InChI is InChI=1S/C16H20BrFN4S.HI/c1-3-13-10-21-15(23-13)6-7-20-16(19-2)22-9-11-4-5-12(17)8-14(11)18;/h4-5,8,10H,3,6-7,9H2,1-2H3,(H2,19,20,22);1H. The Morgan fingerprint density at radius 3 is 2.79 bits per heavy atom. The van der Waals surface area contributed by atoms with Gasteiger partial charge in [0.2, 0.25) is 0 Å². The van der Waals surface area contributed by atoms with Crippen LogP contribution in [-0.4, -0.2) is 24.5 Å². The zero-order valence-electron chi connectivity index (χ0n) is 13.6. The highest BCUT2D eigenvalue weighted by atomic mass is 127. The van der Waals surface area contributed by atoms with Crippen LogP contribution in [0.15, 0.2) is 33.9 Å². The number of benzene rings is 1. The zero-order valence-corrected chi connectivity index (χ0v) is 18.3. The molecule has 0 bridgehead atoms. The van der Waals surface area contributed by atoms with Gasteiger partial charge in [-0.25, -0.2) is 9.37 Å². The van der Waals surface area contributed by atoms with Crippen LogP contribution in [0.3, 0.4) is 0 Å². The van der Waals surface area contributed by atoms with Crippen LogP contribution >= 0.6 is 51.2 Å². The Labute approximate surface area is 171 Å². The van der Waals surface area contributed by atoms with Crippen molar-refractivity contribution in [3.05, 3.63) is 50.1 Å². The summed E-state index contributed by atoms with van der Waals surface area (Å²) in [7, 11) is 1.70. The number of thiazole rings is 1. The molecule has 0 saturated heterocycles. The van der Waals surface area contributed by atoms with Crippen LogP contribution in [0.2, 0.25) is 0 Å². The quantitative estimate of drug-likeness (QED) is 0.338. The molecule has 0 saturated carbocycles. The average molecular weight is 527 g/mol. The van der Waals surface area contributed by atoms with Gasteiger partial charge in [0.25, 0.3) is 0 Å². The number of aliphatic imine (C=N–C) groups is 1. The van der Waals surface area contributed by atoms with Crippen molar-refractivity contribution in [3.63, 3.8) is 0 Å². The van der Waals surface area contributed by atoms with Gasteiger partial charge in [-0.3, -0.25) is 4.99 Å². The highest BCUT2D eigenvalue weighted by molar-refractivity contribution is 14.0. The lowest BCUT2D eigenvalue weighted by Gasteiger charge is -2.12. The first-order valence-electron chi connectivity index (χ1n) is 7.44. The van der Waals surface area contributed by atoms with Crippen LogP contribution in [-0.2, 0) is 19.4 Å². The fraction of sp³-hybridized carbons (Fsp3) is 0.375. The van der Waals surface area contributed by atoms with Crippen molar-refractivity contribution in [2.24, 2.45) is 4.99 Å². The van der Waals surface area contributed by atoms with E-state index in [9.17, 15) is 4.39 Å². The number of rotatable bonds is 6. The third-order valence-corrected chi connectivity index (χ3v) is 4.96. The maximum Gasteiger partial charge on any atom is 0.191 e. The van der Waals surface area contributed by atoms with Gasteiger partial charge < -0.3 is 10.6 Å². The molecule has 0 radical (unpaired) electrons. The summed E-state index contributed by atoms with van der Waals surface area (Å²) in [5.74, 6) is 0.414. The third kappa shape index (κ3) is 6.64. The van der Waals surface area contributed by atoms with E-state index < -0.39 is 0 Å². The molecule has 2 aromatic rings. The van der Waals surface area contributed by atoms with Gasteiger partial charge in [-0.15, -0.1) is 35.3 Å². The minimum absolute atomic E-state index is 0. The summed E-state index contributed by atoms with van der Waals surface area (Å²) in [4.78, 5) is 9.84. The van der Waals surface area contributed by atoms with Gasteiger partial charge in [-0.1, -0.05) is 28.9 Å². The second-order valence-electron chi connectivity index (χ2n) is 4.91. The summed E-state index contributed by atoms with van der Waals surface area (Å²) in [6.07, 6.45) is 3.80. The van der Waals surface area contributed by atoms with Gasteiger partial charge in [0.15, 0.2) is 5.96 Å². The largest absolute Gasteiger partial charge is 0.356 e. The summed E-state index contributed by atoms with van der Waals surface area (Å²) in [6.45, 7) is 3.25. The molecule has 2 N–H and O–H groups in total. The summed E-state index contributed by atoms with van der Waals surface area (Å²) in [5, 5.41) is 7.45. The number of nitrogens with one attached hydrogen (secondary N) is 2. The smallest absolute Gasteiger partial charge is 0.191 e. The van der Waals surface area contributed by atoms with E-state index in [1.165, 1.54) is 10.9 Å². The van der Waals surface area contributed by atoms with E-state index >= 15 is 0 Å². The molecule has 0 aliphatic heterocycles. The number of aromatic nitrogens is 1. The molecule has 0 aliphatic rings. The number of nitrogens with zero attached hydrogens (tertiary/aromatic N) is 2. The molecule has 1 heterocycles. The molecule has 0 aliphatic carbocycles. The second kappa shape index (κ2) is 11.0. The molecule has 24 heavy (non-hydrogen) atoms. The maximum absolute atomic E-state index is 13.8. The van der Waals surface area contributed by atoms with Gasteiger partial charge in [0.1, 0.15) is 5.82 Å². The molecule has 1 aromatic carbocycles. The van der Waals surface area contributed by atoms with E-state index in [0.717, 1.165) is 28.9 Å². The number of aryl methyl sites for hydroxylation is 1. The topological polar surface area (TPSA) is 49.3 Å². The molecule has 1 aromatic heterocycles. The number of guanidine groups is 1. The van der Waals surface area contributed by atoms with Crippen LogP contribution in [0.4, 0.5) is 4.39 Å². The van der Waals surface area contributed by atoms with Crippen molar-refractivity contribution in [1.29, 1.82) is 0 Å². The van der Waals surface area contributed by atoms with Crippen molar-refractivity contribution in [2.75, 3.05) is 13.6 Å². The maximum atomic E-state index is 13.8. The first kappa shape index (κ1) is 21.3. The second-order valence-corrected chi connectivity index (χ2v) is 7.03. The van der Waals surface area contributed by atoms with Gasteiger partial charge >= 0.3 is 0 Å². The Bertz CT molecular complexity index is 678. The number of halogens is 3. The summed E-state index contributed by atoms with van der Waals surface area (Å²) < 4.78 is 14.5. The summed E-state index contributed by atoms with van der Waals surface area (Å²) in [5.41, 5.74) is 0.601. The van der Waals surface area contributed by atoms with E-state index in [1.54, 1.807) is 24.5 Å². The molecule has 4 nitrogen and oxygen atoms in total. The minimum Gasteiger partial charge on any atom is -0.356 e. The highest BCUT2D eigenvalue weighted by Gasteiger charge is 2.05. The molecule has 0 fully saturated rings. The van der Waals surface area contributed by atoms with Crippen LogP contribution in [0, 0.1) is 5.82 Å². The van der Waals surface area contributed by atoms with E-state index in [-0.39, 0.29) is 29.8 Å². The van der Waals surface area contributed by atoms with Crippen molar-refractivity contribution in [2.45, 2.75) is 26.3 Å². The molecule has 0 spiro atoms. The molecule has 132 valence electrons. The lowest BCUT2D eigenvalue weighted by atomic mass is 10.2. The van der Waals surface area contributed by atoms with Gasteiger partial charge in [0.05, 0.1) is 5.01 Å². The van der Waals surface area contributed by atoms with Gasteiger partial charge in [-0.05, 0) is 18.6 Å². The SMILES string of the molecule is CCc1cnc(CCNC(=NC)NCc2ccc(Br)cc2F)s1.I. The molecular weight excluding hydrogens is 506 g/mol. The molecule has 0 unspecified atom stereocenters. The molecule has 2 rings (SSSR count). The first-order chi connectivity index (χ1) is 11.1. The monoisotopic (exact) mass is 526 g/mol. The Hall–Kier alpha value is -0.740. The van der Waals surface area contributed by atoms with Crippen LogP contribution in [0.1, 0.15) is 22.4 Å². The van der Waals surface area contributed by atoms with E-state index in [1.807, 2.05) is 12.3 Å². The first-order valence-corrected chi connectivity index (χ1v) is 9.05. The van der Waals surface area contributed by atoms with Crippen LogP contribution in [0.5, 0.6) is 0 Å². The fourth-order valence-electron chi connectivity index (χ4n) is 1.98. The van der Waals surface area contributed by atoms with E-state index in [4.69, 9.17) is 0 Å². The lowest BCUT2D eigenvalue weighted by Crippen LogP contribution is -2.38. The molecule has 8 heteroatoms. The van der Waals surface area contributed by atoms with E-state index in [2.05, 4.69) is 43.5 Å². The highest BCUT2D eigenvalue weighted by Crippen LogP contribution is 2.15. The lowest BCUT2D eigenvalue weighted by molar-refractivity contribution is 0.604. The predicted octanol–water partition coefficient (Wildman–Crippen LogP) is 4.13. The van der Waals surface area contributed by atoms with Crippen molar-refractivity contribution in [1.82, 2.24) is 15.6 Å². The van der Waals surface area contributed by atoms with Gasteiger partial charge in [-0.2, -0.15) is 0 Å². The normalized spacial score (nSPS) is 11.1. The summed E-state index contributed by atoms with van der Waals surface area (Å²) >= 11 is 4.99. The average Bonchev–Trinajstić information content (AvgIpc) is 3.00. The van der Waals surface area contributed by atoms with Crippen molar-refractivity contribution < 1.29 is 4.39 Å². The Kier molecular flexibility index (Phi) is 9.75. The zero-order chi connectivity index (χ0) is 16.7. The van der Waals surface area contributed by atoms with Gasteiger partial charge in [0, 0.05) is 47.7 Å². The molecule has 0 amide bonds. The fourth-order valence-corrected chi connectivity index (χ4v) is 3.17. The van der Waals surface area contributed by atoms with E-state index in [0.29, 0.717) is 18.1 Å². The Morgan fingerprint density at radius 2 is 2.17 bits per heavy atom. The molecule has 0 atom stereocenters. The number of hydrogen-bond donors (Lipinski definition) is 2. The Balaban J connectivity index is 0.00000288.